The summed E-state index contributed by atoms with van der Waals surface area (Å²) in [5, 5.41) is 0. The number of halogens is 2. The van der Waals surface area contributed by atoms with Gasteiger partial charge in [-0.1, -0.05) is 0 Å². The Morgan fingerprint density at radius 3 is 1.29 bits per heavy atom. The normalized spacial score (nSPS) is 6.95. The van der Waals surface area contributed by atoms with Gasteiger partial charge in [-0.05, 0) is 49.2 Å². The molecule has 113 valence electrons. The topological polar surface area (TPSA) is 65.6 Å². The fraction of sp³-hybridized carbons (Fsp3) is 0.143. The zero-order valence-electron chi connectivity index (χ0n) is 11.3. The Labute approximate surface area is 159 Å². The van der Waals surface area contributed by atoms with Crippen molar-refractivity contribution in [1.29, 1.82) is 0 Å². The summed E-state index contributed by atoms with van der Waals surface area (Å²) in [6.07, 6.45) is 3.63. The predicted molar refractivity (Wildman–Crippen MR) is 64.8 cm³/mol. The van der Waals surface area contributed by atoms with Crippen LogP contribution in [0, 0.1) is 27.1 Å². The van der Waals surface area contributed by atoms with Crippen LogP contribution in [0.5, 0.6) is 0 Å². The van der Waals surface area contributed by atoms with Crippen molar-refractivity contribution in [2.45, 2.75) is 13.8 Å². The van der Waals surface area contributed by atoms with E-state index >= 15 is 0 Å². The Hall–Kier alpha value is -0.598. The van der Waals surface area contributed by atoms with E-state index < -0.39 is 0 Å². The number of hydrogen-bond donors (Lipinski definition) is 0. The smallest absolute Gasteiger partial charge is 0 e. The average Bonchev–Trinajstić information content (AvgIpc) is 2.43. The van der Waals surface area contributed by atoms with E-state index in [0.29, 0.717) is 0 Å². The van der Waals surface area contributed by atoms with Crippen molar-refractivity contribution in [2.75, 3.05) is 0 Å². The van der Waals surface area contributed by atoms with Crippen molar-refractivity contribution in [3.05, 3.63) is 61.1 Å². The average molecular weight is 586 g/mol. The second-order valence-corrected chi connectivity index (χ2v) is 3.44. The van der Waals surface area contributed by atoms with Gasteiger partial charge in [0.15, 0.2) is 0 Å². The minimum Gasteiger partial charge on any atom is 0 e. The molecule has 0 aromatic carbocycles. The van der Waals surface area contributed by atoms with E-state index in [2.05, 4.69) is 37.1 Å². The maximum atomic E-state index is 7.50. The van der Waals surface area contributed by atoms with Crippen molar-refractivity contribution in [1.82, 2.24) is 9.97 Å². The van der Waals surface area contributed by atoms with E-state index in [1.165, 1.54) is 11.1 Å². The van der Waals surface area contributed by atoms with Gasteiger partial charge in [0, 0.05) is 32.8 Å². The third-order valence-corrected chi connectivity index (χ3v) is 2.09. The maximum Gasteiger partial charge on any atom is 0 e. The molecule has 0 amide bonds. The third kappa shape index (κ3) is 10.7. The molecule has 1 radical (unpaired) electrons. The van der Waals surface area contributed by atoms with Gasteiger partial charge >= 0.3 is 22.6 Å². The van der Waals surface area contributed by atoms with Crippen LogP contribution < -0.4 is 34.0 Å². The number of aromatic nitrogens is 2. The van der Waals surface area contributed by atoms with E-state index in [0.717, 1.165) is 11.4 Å². The molecule has 7 heteroatoms. The second-order valence-electron chi connectivity index (χ2n) is 3.44. The summed E-state index contributed by atoms with van der Waals surface area (Å²) in [5.41, 5.74) is 4.29. The minimum absolute atomic E-state index is 0. The number of pyridine rings is 2. The van der Waals surface area contributed by atoms with Crippen molar-refractivity contribution >= 4 is 0 Å². The predicted octanol–water partition coefficient (Wildman–Crippen LogP) is -3.31. The molecular weight excluding hydrogens is 574 g/mol. The molecule has 0 N–H and O–H groups in total. The summed E-state index contributed by atoms with van der Waals surface area (Å²) >= 11 is 0. The van der Waals surface area contributed by atoms with Crippen LogP contribution in [0.15, 0.2) is 36.7 Å². The van der Waals surface area contributed by atoms with Gasteiger partial charge in [-0.25, -0.2) is 0 Å². The fourth-order valence-corrected chi connectivity index (χ4v) is 1.35. The van der Waals surface area contributed by atoms with Crippen LogP contribution in [0.25, 0.3) is 11.4 Å². The summed E-state index contributed by atoms with van der Waals surface area (Å²) in [5.74, 6) is 0. The van der Waals surface area contributed by atoms with Crippen molar-refractivity contribution in [3.8, 4) is 11.4 Å². The molecule has 2 aromatic rings. The van der Waals surface area contributed by atoms with Crippen molar-refractivity contribution in [2.24, 2.45) is 0 Å². The summed E-state index contributed by atoms with van der Waals surface area (Å²) in [6.45, 7) is 13.1. The molecule has 0 aliphatic carbocycles. The SMILES string of the molecule is Cc1ccnc(-c2cc(C)ccn2)c1.[Br-].[Br-].[C-]#[O+].[C-]#[O+].[Re]. The summed E-state index contributed by atoms with van der Waals surface area (Å²) < 4.78 is 15.0. The molecule has 0 atom stereocenters. The van der Waals surface area contributed by atoms with E-state index in [4.69, 9.17) is 9.30 Å². The molecule has 2 rings (SSSR count). The largest absolute Gasteiger partial charge is 0 e. The molecule has 0 saturated heterocycles. The molecule has 0 spiro atoms. The standard InChI is InChI=1S/C12H12N2.2CO.2BrH.Re/c1-9-3-5-13-11(7-9)12-8-10(2)4-6-14-12;2*1-2;;;/h3-8H,1-2H3;;;2*1H;/p-2. The Morgan fingerprint density at radius 2 is 1.05 bits per heavy atom. The molecule has 0 aliphatic heterocycles. The third-order valence-electron chi connectivity index (χ3n) is 2.09. The molecule has 2 heterocycles. The molecule has 0 fully saturated rings. The maximum absolute atomic E-state index is 7.50. The summed E-state index contributed by atoms with van der Waals surface area (Å²) in [4.78, 5) is 8.58. The Balaban J connectivity index is -0.000000191. The van der Waals surface area contributed by atoms with E-state index in [1.54, 1.807) is 0 Å². The van der Waals surface area contributed by atoms with Crippen LogP contribution in [0.3, 0.4) is 0 Å². The monoisotopic (exact) mass is 585 g/mol. The molecule has 0 bridgehead atoms. The van der Waals surface area contributed by atoms with Gasteiger partial charge in [0.25, 0.3) is 0 Å². The number of aryl methyl sites for hydroxylation is 2. The fourth-order valence-electron chi connectivity index (χ4n) is 1.35. The van der Waals surface area contributed by atoms with Crippen molar-refractivity contribution in [3.63, 3.8) is 0 Å². The Morgan fingerprint density at radius 1 is 0.762 bits per heavy atom. The van der Waals surface area contributed by atoms with Crippen LogP contribution in [0.4, 0.5) is 0 Å². The van der Waals surface area contributed by atoms with Crippen LogP contribution in [-0.2, 0) is 29.7 Å². The van der Waals surface area contributed by atoms with Crippen LogP contribution in [0.1, 0.15) is 11.1 Å². The van der Waals surface area contributed by atoms with Crippen molar-refractivity contribution < 1.29 is 63.7 Å². The van der Waals surface area contributed by atoms with Gasteiger partial charge < -0.3 is 34.0 Å². The molecule has 0 unspecified atom stereocenters. The van der Waals surface area contributed by atoms with E-state index in [-0.39, 0.29) is 54.4 Å². The molecular formula is C14H12Br2N2O2Re-2. The second kappa shape index (κ2) is 17.5. The van der Waals surface area contributed by atoms with Crippen LogP contribution >= 0.6 is 0 Å². The summed E-state index contributed by atoms with van der Waals surface area (Å²) in [6, 6.07) is 8.06. The minimum atomic E-state index is 0. The zero-order valence-corrected chi connectivity index (χ0v) is 17.2. The quantitative estimate of drug-likeness (QED) is 0.260. The van der Waals surface area contributed by atoms with Gasteiger partial charge in [-0.3, -0.25) is 9.97 Å². The van der Waals surface area contributed by atoms with Crippen LogP contribution in [0.2, 0.25) is 0 Å². The molecule has 0 aliphatic rings. The molecule has 4 nitrogen and oxygen atoms in total. The Kier molecular flexibility index (Phi) is 23.7. The number of hydrogen-bond acceptors (Lipinski definition) is 2. The van der Waals surface area contributed by atoms with E-state index in [1.807, 2.05) is 36.7 Å². The zero-order chi connectivity index (χ0) is 14.0. The number of nitrogens with zero attached hydrogens (tertiary/aromatic N) is 2. The van der Waals surface area contributed by atoms with Gasteiger partial charge in [-0.2, -0.15) is 0 Å². The molecule has 2 aromatic heterocycles. The number of rotatable bonds is 1. The first-order valence-electron chi connectivity index (χ1n) is 5.02. The van der Waals surface area contributed by atoms with Gasteiger partial charge in [0.2, 0.25) is 0 Å². The van der Waals surface area contributed by atoms with Crippen LogP contribution in [-0.4, -0.2) is 9.97 Å². The first kappa shape index (κ1) is 28.5. The first-order chi connectivity index (χ1) is 8.75. The molecule has 21 heavy (non-hydrogen) atoms. The molecule has 0 saturated carbocycles. The Bertz CT molecular complexity index is 499. The van der Waals surface area contributed by atoms with Gasteiger partial charge in [0.05, 0.1) is 11.4 Å². The summed E-state index contributed by atoms with van der Waals surface area (Å²) in [7, 11) is 0. The van der Waals surface area contributed by atoms with E-state index in [9.17, 15) is 0 Å². The van der Waals surface area contributed by atoms with Gasteiger partial charge in [-0.15, -0.1) is 0 Å². The van der Waals surface area contributed by atoms with Gasteiger partial charge in [0.1, 0.15) is 0 Å². The first-order valence-corrected chi connectivity index (χ1v) is 5.02.